The third-order valence-corrected chi connectivity index (χ3v) is 3.31. The van der Waals surface area contributed by atoms with E-state index in [4.69, 9.17) is 4.74 Å². The Hall–Kier alpha value is -0.0800. The predicted molar refractivity (Wildman–Crippen MR) is 48.9 cm³/mol. The van der Waals surface area contributed by atoms with Crippen LogP contribution in [0, 0.1) is 5.92 Å². The maximum Gasteiger partial charge on any atom is 0.122 e. The molecular formula is C10H19NO. The first kappa shape index (κ1) is 8.52. The van der Waals surface area contributed by atoms with Gasteiger partial charge in [-0.1, -0.05) is 13.3 Å². The maximum absolute atomic E-state index is 5.89. The molecule has 1 aliphatic carbocycles. The lowest BCUT2D eigenvalue weighted by molar-refractivity contribution is -0.0765. The first-order chi connectivity index (χ1) is 5.73. The Kier molecular flexibility index (Phi) is 2.13. The molecule has 2 aliphatic rings. The van der Waals surface area contributed by atoms with Crippen molar-refractivity contribution in [2.75, 3.05) is 6.61 Å². The fourth-order valence-electron chi connectivity index (χ4n) is 2.52. The van der Waals surface area contributed by atoms with Crippen LogP contribution in [0.15, 0.2) is 0 Å². The summed E-state index contributed by atoms with van der Waals surface area (Å²) in [4.78, 5) is 0. The second kappa shape index (κ2) is 3.00. The standard InChI is InChI=1S/C10H19NO/c1-8-5-3-4-6-10(8)11-9(2)7-12-10/h8-9,11H,3-7H2,1-2H3/t8-,9-,10-/m0/s1. The minimum atomic E-state index is 0.0532. The van der Waals surface area contributed by atoms with Gasteiger partial charge in [0.2, 0.25) is 0 Å². The largest absolute Gasteiger partial charge is 0.359 e. The van der Waals surface area contributed by atoms with Crippen LogP contribution < -0.4 is 5.32 Å². The van der Waals surface area contributed by atoms with Gasteiger partial charge in [-0.25, -0.2) is 0 Å². The van der Waals surface area contributed by atoms with Crippen LogP contribution in [0.25, 0.3) is 0 Å². The Labute approximate surface area is 74.7 Å². The van der Waals surface area contributed by atoms with Crippen molar-refractivity contribution in [2.45, 2.75) is 51.3 Å². The Morgan fingerprint density at radius 3 is 2.75 bits per heavy atom. The minimum Gasteiger partial charge on any atom is -0.359 e. The third-order valence-electron chi connectivity index (χ3n) is 3.31. The van der Waals surface area contributed by atoms with Gasteiger partial charge in [0.1, 0.15) is 5.72 Å². The van der Waals surface area contributed by atoms with Gasteiger partial charge in [-0.3, -0.25) is 5.32 Å². The molecule has 0 radical (unpaired) electrons. The van der Waals surface area contributed by atoms with E-state index in [9.17, 15) is 0 Å². The first-order valence-electron chi connectivity index (χ1n) is 5.14. The van der Waals surface area contributed by atoms with Gasteiger partial charge in [0.15, 0.2) is 0 Å². The Balaban J connectivity index is 2.07. The fourth-order valence-corrected chi connectivity index (χ4v) is 2.52. The zero-order valence-corrected chi connectivity index (χ0v) is 8.10. The molecule has 0 bridgehead atoms. The highest BCUT2D eigenvalue weighted by Crippen LogP contribution is 2.37. The van der Waals surface area contributed by atoms with E-state index in [0.717, 1.165) is 6.61 Å². The summed E-state index contributed by atoms with van der Waals surface area (Å²) in [6, 6.07) is 0.547. The minimum absolute atomic E-state index is 0.0532. The lowest BCUT2D eigenvalue weighted by Gasteiger charge is -2.38. The van der Waals surface area contributed by atoms with Crippen molar-refractivity contribution in [3.8, 4) is 0 Å². The van der Waals surface area contributed by atoms with Crippen molar-refractivity contribution >= 4 is 0 Å². The normalized spacial score (nSPS) is 48.5. The second-order valence-corrected chi connectivity index (χ2v) is 4.39. The van der Waals surface area contributed by atoms with E-state index in [1.54, 1.807) is 0 Å². The maximum atomic E-state index is 5.89. The Bertz CT molecular complexity index is 167. The average molecular weight is 169 g/mol. The van der Waals surface area contributed by atoms with Crippen LogP contribution in [0.3, 0.4) is 0 Å². The van der Waals surface area contributed by atoms with E-state index < -0.39 is 0 Å². The summed E-state index contributed by atoms with van der Waals surface area (Å²) in [5.74, 6) is 0.691. The Morgan fingerprint density at radius 1 is 1.33 bits per heavy atom. The molecule has 1 saturated carbocycles. The highest BCUT2D eigenvalue weighted by Gasteiger charge is 2.43. The SMILES string of the molecule is C[C@H]1CO[C@]2(CCCC[C@@H]2C)N1. The van der Waals surface area contributed by atoms with Gasteiger partial charge in [-0.2, -0.15) is 0 Å². The second-order valence-electron chi connectivity index (χ2n) is 4.39. The van der Waals surface area contributed by atoms with Crippen LogP contribution >= 0.6 is 0 Å². The monoisotopic (exact) mass is 169 g/mol. The summed E-state index contributed by atoms with van der Waals surface area (Å²) < 4.78 is 5.89. The molecule has 1 saturated heterocycles. The summed E-state index contributed by atoms with van der Waals surface area (Å²) in [5.41, 5.74) is 0.0532. The highest BCUT2D eigenvalue weighted by molar-refractivity contribution is 4.93. The molecule has 12 heavy (non-hydrogen) atoms. The van der Waals surface area contributed by atoms with Gasteiger partial charge >= 0.3 is 0 Å². The lowest BCUT2D eigenvalue weighted by atomic mass is 9.82. The summed E-state index contributed by atoms with van der Waals surface area (Å²) in [5, 5.41) is 3.60. The number of hydrogen-bond donors (Lipinski definition) is 1. The molecular weight excluding hydrogens is 150 g/mol. The van der Waals surface area contributed by atoms with E-state index in [2.05, 4.69) is 19.2 Å². The van der Waals surface area contributed by atoms with Crippen molar-refractivity contribution in [1.29, 1.82) is 0 Å². The van der Waals surface area contributed by atoms with Gasteiger partial charge in [-0.05, 0) is 32.1 Å². The van der Waals surface area contributed by atoms with Crippen LogP contribution in [0.2, 0.25) is 0 Å². The van der Waals surface area contributed by atoms with Gasteiger partial charge < -0.3 is 4.74 Å². The zero-order chi connectivity index (χ0) is 8.60. The molecule has 0 unspecified atom stereocenters. The summed E-state index contributed by atoms with van der Waals surface area (Å²) in [7, 11) is 0. The molecule has 0 amide bonds. The third kappa shape index (κ3) is 1.27. The zero-order valence-electron chi connectivity index (χ0n) is 8.10. The summed E-state index contributed by atoms with van der Waals surface area (Å²) in [6.45, 7) is 5.41. The number of hydrogen-bond acceptors (Lipinski definition) is 2. The van der Waals surface area contributed by atoms with E-state index in [1.165, 1.54) is 25.7 Å². The van der Waals surface area contributed by atoms with E-state index >= 15 is 0 Å². The smallest absolute Gasteiger partial charge is 0.122 e. The van der Waals surface area contributed by atoms with Crippen LogP contribution in [-0.4, -0.2) is 18.4 Å². The number of rotatable bonds is 0. The molecule has 1 N–H and O–H groups in total. The highest BCUT2D eigenvalue weighted by atomic mass is 16.5. The van der Waals surface area contributed by atoms with Crippen LogP contribution in [0.5, 0.6) is 0 Å². The van der Waals surface area contributed by atoms with Crippen molar-refractivity contribution in [3.63, 3.8) is 0 Å². The van der Waals surface area contributed by atoms with Crippen LogP contribution in [-0.2, 0) is 4.74 Å². The lowest BCUT2D eigenvalue weighted by Crippen LogP contribution is -2.50. The van der Waals surface area contributed by atoms with Crippen molar-refractivity contribution in [1.82, 2.24) is 5.32 Å². The molecule has 1 aliphatic heterocycles. The first-order valence-corrected chi connectivity index (χ1v) is 5.14. The van der Waals surface area contributed by atoms with E-state index in [0.29, 0.717) is 12.0 Å². The summed E-state index contributed by atoms with van der Waals surface area (Å²) in [6.07, 6.45) is 5.23. The summed E-state index contributed by atoms with van der Waals surface area (Å²) >= 11 is 0. The molecule has 0 aromatic heterocycles. The number of ether oxygens (including phenoxy) is 1. The van der Waals surface area contributed by atoms with Gasteiger partial charge in [0.05, 0.1) is 6.61 Å². The molecule has 2 rings (SSSR count). The molecule has 2 fully saturated rings. The van der Waals surface area contributed by atoms with Gasteiger partial charge in [0.25, 0.3) is 0 Å². The fraction of sp³-hybridized carbons (Fsp3) is 1.00. The molecule has 1 spiro atoms. The van der Waals surface area contributed by atoms with Crippen molar-refractivity contribution in [3.05, 3.63) is 0 Å². The predicted octanol–water partition coefficient (Wildman–Crippen LogP) is 1.90. The Morgan fingerprint density at radius 2 is 2.17 bits per heavy atom. The molecule has 3 atom stereocenters. The quantitative estimate of drug-likeness (QED) is 0.598. The molecule has 70 valence electrons. The molecule has 0 aromatic rings. The molecule has 2 nitrogen and oxygen atoms in total. The number of nitrogens with one attached hydrogen (secondary N) is 1. The van der Waals surface area contributed by atoms with Gasteiger partial charge in [-0.15, -0.1) is 0 Å². The van der Waals surface area contributed by atoms with Gasteiger partial charge in [0, 0.05) is 6.04 Å². The molecule has 1 heterocycles. The molecule has 2 heteroatoms. The average Bonchev–Trinajstić information content (AvgIpc) is 2.41. The van der Waals surface area contributed by atoms with Crippen LogP contribution in [0.1, 0.15) is 39.5 Å². The van der Waals surface area contributed by atoms with Crippen molar-refractivity contribution in [2.24, 2.45) is 5.92 Å². The van der Waals surface area contributed by atoms with Crippen LogP contribution in [0.4, 0.5) is 0 Å². The van der Waals surface area contributed by atoms with Crippen molar-refractivity contribution < 1.29 is 4.74 Å². The molecule has 0 aromatic carbocycles. The van der Waals surface area contributed by atoms with E-state index in [-0.39, 0.29) is 5.72 Å². The van der Waals surface area contributed by atoms with E-state index in [1.807, 2.05) is 0 Å². The topological polar surface area (TPSA) is 21.3 Å².